The number of nitrogens with one attached hydrogen (secondary N) is 1. The van der Waals surface area contributed by atoms with E-state index >= 15 is 0 Å². The van der Waals surface area contributed by atoms with Gasteiger partial charge in [0.25, 0.3) is 0 Å². The summed E-state index contributed by atoms with van der Waals surface area (Å²) in [5, 5.41) is 3.24. The van der Waals surface area contributed by atoms with Gasteiger partial charge in [-0.25, -0.2) is 0 Å². The second-order valence-corrected chi connectivity index (χ2v) is 7.49. The van der Waals surface area contributed by atoms with Gasteiger partial charge < -0.3 is 5.32 Å². The van der Waals surface area contributed by atoms with Crippen molar-refractivity contribution in [2.75, 3.05) is 20.1 Å². The Labute approximate surface area is 159 Å². The van der Waals surface area contributed by atoms with Crippen molar-refractivity contribution in [3.63, 3.8) is 0 Å². The van der Waals surface area contributed by atoms with E-state index in [4.69, 9.17) is 0 Å². The number of aryl methyl sites for hydroxylation is 2. The highest BCUT2D eigenvalue weighted by Crippen LogP contribution is 2.20. The largest absolute Gasteiger partial charge is 0.320 e. The molecular formula is C22H34N4. The van der Waals surface area contributed by atoms with Gasteiger partial charge >= 0.3 is 0 Å². The van der Waals surface area contributed by atoms with Crippen LogP contribution in [0.2, 0.25) is 0 Å². The Morgan fingerprint density at radius 2 is 1.85 bits per heavy atom. The molecule has 4 heteroatoms. The number of rotatable bonds is 10. The van der Waals surface area contributed by atoms with E-state index in [1.54, 1.807) is 0 Å². The number of pyridine rings is 2. The Kier molecular flexibility index (Phi) is 8.20. The van der Waals surface area contributed by atoms with Crippen LogP contribution in [-0.4, -0.2) is 35.0 Å². The molecule has 0 amide bonds. The van der Waals surface area contributed by atoms with Crippen LogP contribution in [0, 0.1) is 13.8 Å². The van der Waals surface area contributed by atoms with Gasteiger partial charge in [-0.15, -0.1) is 0 Å². The minimum atomic E-state index is 0.490. The van der Waals surface area contributed by atoms with Crippen LogP contribution < -0.4 is 5.32 Å². The molecule has 2 aromatic heterocycles. The predicted octanol–water partition coefficient (Wildman–Crippen LogP) is 4.22. The van der Waals surface area contributed by atoms with Crippen molar-refractivity contribution >= 4 is 0 Å². The van der Waals surface area contributed by atoms with Gasteiger partial charge in [-0.1, -0.05) is 26.0 Å². The predicted molar refractivity (Wildman–Crippen MR) is 109 cm³/mol. The van der Waals surface area contributed by atoms with Crippen molar-refractivity contribution in [3.8, 4) is 0 Å². The normalized spacial score (nSPS) is 11.5. The van der Waals surface area contributed by atoms with Gasteiger partial charge in [0.15, 0.2) is 0 Å². The molecule has 0 spiro atoms. The van der Waals surface area contributed by atoms with Gasteiger partial charge in [-0.05, 0) is 75.5 Å². The van der Waals surface area contributed by atoms with Crippen LogP contribution in [-0.2, 0) is 13.1 Å². The monoisotopic (exact) mass is 354 g/mol. The van der Waals surface area contributed by atoms with Crippen molar-refractivity contribution in [1.29, 1.82) is 0 Å². The fourth-order valence-electron chi connectivity index (χ4n) is 3.29. The Bertz CT molecular complexity index is 682. The molecule has 0 saturated carbocycles. The molecule has 0 atom stereocenters. The van der Waals surface area contributed by atoms with Crippen molar-refractivity contribution in [3.05, 3.63) is 58.7 Å². The Hall–Kier alpha value is -1.78. The third-order valence-electron chi connectivity index (χ3n) is 4.77. The Morgan fingerprint density at radius 3 is 2.54 bits per heavy atom. The first-order valence-corrected chi connectivity index (χ1v) is 9.74. The van der Waals surface area contributed by atoms with Gasteiger partial charge in [-0.3, -0.25) is 14.9 Å². The van der Waals surface area contributed by atoms with Gasteiger partial charge in [0.2, 0.25) is 0 Å². The summed E-state index contributed by atoms with van der Waals surface area (Å²) in [5.74, 6) is 0.490. The van der Waals surface area contributed by atoms with Crippen molar-refractivity contribution in [1.82, 2.24) is 20.2 Å². The molecule has 2 rings (SSSR count). The number of hydrogen-bond acceptors (Lipinski definition) is 4. The second kappa shape index (κ2) is 10.4. The molecule has 2 aromatic rings. The maximum absolute atomic E-state index is 4.69. The molecule has 26 heavy (non-hydrogen) atoms. The van der Waals surface area contributed by atoms with Crippen LogP contribution >= 0.6 is 0 Å². The van der Waals surface area contributed by atoms with Gasteiger partial charge in [0.05, 0.1) is 11.4 Å². The van der Waals surface area contributed by atoms with E-state index in [0.717, 1.165) is 26.2 Å². The van der Waals surface area contributed by atoms with Crippen molar-refractivity contribution in [2.45, 2.75) is 59.5 Å². The van der Waals surface area contributed by atoms with Crippen LogP contribution in [0.15, 0.2) is 30.6 Å². The Morgan fingerprint density at radius 1 is 1.08 bits per heavy atom. The zero-order chi connectivity index (χ0) is 18.9. The van der Waals surface area contributed by atoms with Crippen LogP contribution in [0.3, 0.4) is 0 Å². The van der Waals surface area contributed by atoms with Crippen molar-refractivity contribution in [2.24, 2.45) is 0 Å². The number of nitrogens with zero attached hydrogens (tertiary/aromatic N) is 3. The van der Waals surface area contributed by atoms with E-state index in [1.165, 1.54) is 40.9 Å². The SMILES string of the molecule is CNCCCCN(Cc1ncc(C)cc1C)Cc1ncccc1C(C)C. The zero-order valence-corrected chi connectivity index (χ0v) is 17.0. The molecule has 0 fully saturated rings. The number of aromatic nitrogens is 2. The maximum atomic E-state index is 4.69. The van der Waals surface area contributed by atoms with Gasteiger partial charge in [0.1, 0.15) is 0 Å². The molecule has 2 heterocycles. The maximum Gasteiger partial charge on any atom is 0.0578 e. The summed E-state index contributed by atoms with van der Waals surface area (Å²) >= 11 is 0. The zero-order valence-electron chi connectivity index (χ0n) is 17.0. The third-order valence-corrected chi connectivity index (χ3v) is 4.77. The molecule has 0 aliphatic carbocycles. The summed E-state index contributed by atoms with van der Waals surface area (Å²) in [6.07, 6.45) is 6.25. The van der Waals surface area contributed by atoms with Crippen LogP contribution in [0.1, 0.15) is 60.7 Å². The summed E-state index contributed by atoms with van der Waals surface area (Å²) in [6, 6.07) is 6.48. The summed E-state index contributed by atoms with van der Waals surface area (Å²) in [6.45, 7) is 12.6. The Balaban J connectivity index is 2.15. The van der Waals surface area contributed by atoms with E-state index in [9.17, 15) is 0 Å². The minimum Gasteiger partial charge on any atom is -0.320 e. The van der Waals surface area contributed by atoms with E-state index in [0.29, 0.717) is 5.92 Å². The molecule has 4 nitrogen and oxygen atoms in total. The molecule has 0 aliphatic rings. The highest BCUT2D eigenvalue weighted by Gasteiger charge is 2.14. The first-order chi connectivity index (χ1) is 12.5. The average molecular weight is 355 g/mol. The third kappa shape index (κ3) is 6.19. The van der Waals surface area contributed by atoms with Crippen molar-refractivity contribution < 1.29 is 0 Å². The van der Waals surface area contributed by atoms with Gasteiger partial charge in [0, 0.05) is 25.5 Å². The van der Waals surface area contributed by atoms with Crippen LogP contribution in [0.4, 0.5) is 0 Å². The van der Waals surface area contributed by atoms with E-state index in [2.05, 4.69) is 60.0 Å². The van der Waals surface area contributed by atoms with E-state index in [-0.39, 0.29) is 0 Å². The topological polar surface area (TPSA) is 41.0 Å². The first-order valence-electron chi connectivity index (χ1n) is 9.74. The molecular weight excluding hydrogens is 320 g/mol. The minimum absolute atomic E-state index is 0.490. The summed E-state index contributed by atoms with van der Waals surface area (Å²) < 4.78 is 0. The molecule has 0 radical (unpaired) electrons. The lowest BCUT2D eigenvalue weighted by molar-refractivity contribution is 0.244. The first kappa shape index (κ1) is 20.5. The fourth-order valence-corrected chi connectivity index (χ4v) is 3.29. The second-order valence-electron chi connectivity index (χ2n) is 7.49. The fraction of sp³-hybridized carbons (Fsp3) is 0.545. The molecule has 0 unspecified atom stereocenters. The smallest absolute Gasteiger partial charge is 0.0578 e. The molecule has 0 saturated heterocycles. The average Bonchev–Trinajstić information content (AvgIpc) is 2.61. The summed E-state index contributed by atoms with van der Waals surface area (Å²) in [7, 11) is 2.01. The lowest BCUT2D eigenvalue weighted by Crippen LogP contribution is -2.27. The van der Waals surface area contributed by atoms with Crippen LogP contribution in [0.5, 0.6) is 0 Å². The summed E-state index contributed by atoms with van der Waals surface area (Å²) in [5.41, 5.74) is 6.21. The van der Waals surface area contributed by atoms with E-state index < -0.39 is 0 Å². The number of hydrogen-bond donors (Lipinski definition) is 1. The lowest BCUT2D eigenvalue weighted by Gasteiger charge is -2.24. The van der Waals surface area contributed by atoms with Crippen LogP contribution in [0.25, 0.3) is 0 Å². The highest BCUT2D eigenvalue weighted by molar-refractivity contribution is 5.25. The molecule has 142 valence electrons. The number of unbranched alkanes of at least 4 members (excludes halogenated alkanes) is 1. The standard InChI is InChI=1S/C22H34N4/c1-17(2)20-9-8-11-24-22(20)16-26(12-7-6-10-23-5)15-21-19(4)13-18(3)14-25-21/h8-9,11,13-14,17,23H,6-7,10,12,15-16H2,1-5H3. The van der Waals surface area contributed by atoms with E-state index in [1.807, 2.05) is 25.5 Å². The molecule has 0 aromatic carbocycles. The van der Waals surface area contributed by atoms with Gasteiger partial charge in [-0.2, -0.15) is 0 Å². The highest BCUT2D eigenvalue weighted by atomic mass is 15.1. The molecule has 0 bridgehead atoms. The molecule has 0 aliphatic heterocycles. The lowest BCUT2D eigenvalue weighted by atomic mass is 10.0. The summed E-state index contributed by atoms with van der Waals surface area (Å²) in [4.78, 5) is 11.9. The molecule has 1 N–H and O–H groups in total. The quantitative estimate of drug-likeness (QED) is 0.649.